The Balaban J connectivity index is 1.33. The zero-order valence-corrected chi connectivity index (χ0v) is 21.6. The van der Waals surface area contributed by atoms with Crippen molar-refractivity contribution in [2.45, 2.75) is 67.9 Å². The summed E-state index contributed by atoms with van der Waals surface area (Å²) >= 11 is 0. The van der Waals surface area contributed by atoms with Gasteiger partial charge in [-0.25, -0.2) is 17.6 Å². The molecule has 1 saturated carbocycles. The van der Waals surface area contributed by atoms with Crippen molar-refractivity contribution in [2.75, 3.05) is 39.2 Å². The number of nitrogens with zero attached hydrogens (tertiary/aromatic N) is 2. The van der Waals surface area contributed by atoms with Crippen molar-refractivity contribution in [3.8, 4) is 5.75 Å². The van der Waals surface area contributed by atoms with Gasteiger partial charge >= 0.3 is 12.3 Å². The number of halogens is 4. The van der Waals surface area contributed by atoms with Crippen LogP contribution in [0.5, 0.6) is 5.75 Å². The standard InChI is InChI=1S/C24H32F4N2O6S/c1-15-22(24(26,27)28)30(10-9-29(15)23(31)36-18-13-34-14-18)17-5-3-16(4-6-17)12-35-21-8-7-19(11-20(21)25)37(2,32)33/h7-8,11,15-18,22H,3-6,9-10,12-14H2,1-2H3. The van der Waals surface area contributed by atoms with Crippen LogP contribution in [0.2, 0.25) is 0 Å². The molecule has 37 heavy (non-hydrogen) atoms. The van der Waals surface area contributed by atoms with E-state index < -0.39 is 46.1 Å². The minimum atomic E-state index is -4.52. The van der Waals surface area contributed by atoms with E-state index >= 15 is 0 Å². The average Bonchev–Trinajstić information content (AvgIpc) is 2.79. The molecule has 2 aliphatic heterocycles. The van der Waals surface area contributed by atoms with Gasteiger partial charge in [0, 0.05) is 25.4 Å². The van der Waals surface area contributed by atoms with Gasteiger partial charge in [-0.1, -0.05) is 0 Å². The molecule has 4 rings (SSSR count). The third kappa shape index (κ3) is 6.48. The molecule has 8 nitrogen and oxygen atoms in total. The fourth-order valence-electron chi connectivity index (χ4n) is 5.31. The second-order valence-electron chi connectivity index (χ2n) is 10.1. The van der Waals surface area contributed by atoms with Gasteiger partial charge in [0.25, 0.3) is 0 Å². The second kappa shape index (κ2) is 10.9. The minimum absolute atomic E-state index is 0.0351. The largest absolute Gasteiger partial charge is 0.490 e. The molecule has 0 radical (unpaired) electrons. The zero-order valence-electron chi connectivity index (χ0n) is 20.7. The maximum Gasteiger partial charge on any atom is 0.410 e. The summed E-state index contributed by atoms with van der Waals surface area (Å²) in [6.07, 6.45) is -2.43. The number of carbonyl (C=O) groups is 1. The highest BCUT2D eigenvalue weighted by atomic mass is 32.2. The molecule has 1 aromatic carbocycles. The summed E-state index contributed by atoms with van der Waals surface area (Å²) in [6, 6.07) is 0.269. The van der Waals surface area contributed by atoms with Gasteiger partial charge in [-0.05, 0) is 56.7 Å². The van der Waals surface area contributed by atoms with E-state index in [1.807, 2.05) is 0 Å². The van der Waals surface area contributed by atoms with E-state index in [0.29, 0.717) is 25.7 Å². The van der Waals surface area contributed by atoms with Gasteiger partial charge in [-0.2, -0.15) is 13.2 Å². The SMILES string of the molecule is CC1C(C(F)(F)F)N(C2CCC(COc3ccc(S(C)(=O)=O)cc3F)CC2)CCN1C(=O)OC1COC1. The molecule has 3 aliphatic rings. The Bertz CT molecular complexity index is 1070. The highest BCUT2D eigenvalue weighted by Gasteiger charge is 2.53. The first-order valence-electron chi connectivity index (χ1n) is 12.3. The molecule has 0 N–H and O–H groups in total. The van der Waals surface area contributed by atoms with Crippen molar-refractivity contribution in [1.82, 2.24) is 9.80 Å². The highest BCUT2D eigenvalue weighted by Crippen LogP contribution is 2.38. The number of carbonyl (C=O) groups excluding carboxylic acids is 1. The van der Waals surface area contributed by atoms with E-state index in [1.54, 1.807) is 0 Å². The Kier molecular flexibility index (Phi) is 8.25. The number of amides is 1. The van der Waals surface area contributed by atoms with E-state index in [-0.39, 0.29) is 55.5 Å². The molecule has 2 atom stereocenters. The lowest BCUT2D eigenvalue weighted by atomic mass is 9.84. The van der Waals surface area contributed by atoms with Crippen LogP contribution < -0.4 is 4.74 Å². The second-order valence-corrected chi connectivity index (χ2v) is 12.1. The summed E-state index contributed by atoms with van der Waals surface area (Å²) in [5.41, 5.74) is 0. The molecule has 0 aromatic heterocycles. The van der Waals surface area contributed by atoms with Gasteiger partial charge < -0.3 is 19.1 Å². The summed E-state index contributed by atoms with van der Waals surface area (Å²) in [7, 11) is -3.54. The number of sulfone groups is 1. The normalized spacial score (nSPS) is 28.0. The monoisotopic (exact) mass is 552 g/mol. The number of ether oxygens (including phenoxy) is 3. The van der Waals surface area contributed by atoms with Gasteiger partial charge in [0.2, 0.25) is 0 Å². The van der Waals surface area contributed by atoms with Crippen LogP contribution in [0.3, 0.4) is 0 Å². The van der Waals surface area contributed by atoms with Gasteiger partial charge in [-0.15, -0.1) is 0 Å². The third-order valence-electron chi connectivity index (χ3n) is 7.44. The Morgan fingerprint density at radius 2 is 1.81 bits per heavy atom. The van der Waals surface area contributed by atoms with Crippen LogP contribution >= 0.6 is 0 Å². The molecular weight excluding hydrogens is 520 g/mol. The van der Waals surface area contributed by atoms with E-state index in [4.69, 9.17) is 14.2 Å². The molecule has 2 heterocycles. The maximum atomic E-state index is 14.3. The zero-order chi connectivity index (χ0) is 27.0. The van der Waals surface area contributed by atoms with Crippen molar-refractivity contribution >= 4 is 15.9 Å². The predicted octanol–water partition coefficient (Wildman–Crippen LogP) is 3.64. The molecule has 1 aromatic rings. The Morgan fingerprint density at radius 1 is 1.14 bits per heavy atom. The topological polar surface area (TPSA) is 85.4 Å². The maximum absolute atomic E-state index is 14.3. The van der Waals surface area contributed by atoms with Crippen molar-refractivity contribution in [2.24, 2.45) is 5.92 Å². The molecule has 0 bridgehead atoms. The predicted molar refractivity (Wildman–Crippen MR) is 125 cm³/mol. The molecule has 2 saturated heterocycles. The van der Waals surface area contributed by atoms with Crippen molar-refractivity contribution in [3.05, 3.63) is 24.0 Å². The Hall–Kier alpha value is -2.12. The molecule has 13 heteroatoms. The van der Waals surface area contributed by atoms with Crippen LogP contribution in [0, 0.1) is 11.7 Å². The third-order valence-corrected chi connectivity index (χ3v) is 8.55. The van der Waals surface area contributed by atoms with Crippen LogP contribution in [-0.4, -0.2) is 93.9 Å². The van der Waals surface area contributed by atoms with E-state index in [9.17, 15) is 30.8 Å². The van der Waals surface area contributed by atoms with Gasteiger partial charge in [0.1, 0.15) is 6.04 Å². The summed E-state index contributed by atoms with van der Waals surface area (Å²) in [6.45, 7) is 2.35. The summed E-state index contributed by atoms with van der Waals surface area (Å²) in [5.74, 6) is -0.801. The lowest BCUT2D eigenvalue weighted by molar-refractivity contribution is -0.217. The first-order chi connectivity index (χ1) is 17.3. The van der Waals surface area contributed by atoms with E-state index in [2.05, 4.69) is 0 Å². The molecule has 1 aliphatic carbocycles. The van der Waals surface area contributed by atoms with E-state index in [1.165, 1.54) is 24.0 Å². The van der Waals surface area contributed by atoms with Crippen molar-refractivity contribution in [3.63, 3.8) is 0 Å². The summed E-state index contributed by atoms with van der Waals surface area (Å²) in [4.78, 5) is 15.0. The number of alkyl halides is 3. The average molecular weight is 553 g/mol. The number of benzene rings is 1. The highest BCUT2D eigenvalue weighted by molar-refractivity contribution is 7.90. The van der Waals surface area contributed by atoms with Crippen molar-refractivity contribution < 1.29 is 45.0 Å². The molecule has 208 valence electrons. The molecule has 3 fully saturated rings. The lowest BCUT2D eigenvalue weighted by Gasteiger charge is -2.50. The number of rotatable bonds is 6. The number of hydrogen-bond acceptors (Lipinski definition) is 7. The molecule has 0 spiro atoms. The fraction of sp³-hybridized carbons (Fsp3) is 0.708. The first kappa shape index (κ1) is 27.9. The van der Waals surface area contributed by atoms with E-state index in [0.717, 1.165) is 17.2 Å². The molecule has 1 amide bonds. The fourth-order valence-corrected chi connectivity index (χ4v) is 5.95. The number of piperazine rings is 1. The number of hydrogen-bond donors (Lipinski definition) is 0. The lowest BCUT2D eigenvalue weighted by Crippen LogP contribution is -2.67. The summed E-state index contributed by atoms with van der Waals surface area (Å²) < 4.78 is 95.7. The van der Waals surface area contributed by atoms with Gasteiger partial charge in [0.05, 0.1) is 30.8 Å². The quantitative estimate of drug-likeness (QED) is 0.499. The summed E-state index contributed by atoms with van der Waals surface area (Å²) in [5, 5.41) is 0. The molecular formula is C24H32F4N2O6S. The smallest absolute Gasteiger partial charge is 0.410 e. The first-order valence-corrected chi connectivity index (χ1v) is 14.2. The van der Waals surface area contributed by atoms with Crippen LogP contribution in [-0.2, 0) is 19.3 Å². The van der Waals surface area contributed by atoms with Gasteiger partial charge in [0.15, 0.2) is 27.5 Å². The van der Waals surface area contributed by atoms with Crippen LogP contribution in [0.15, 0.2) is 23.1 Å². The van der Waals surface area contributed by atoms with Crippen LogP contribution in [0.1, 0.15) is 32.6 Å². The van der Waals surface area contributed by atoms with Crippen molar-refractivity contribution in [1.29, 1.82) is 0 Å². The Morgan fingerprint density at radius 3 is 2.35 bits per heavy atom. The van der Waals surface area contributed by atoms with Crippen LogP contribution in [0.4, 0.5) is 22.4 Å². The molecule has 2 unspecified atom stereocenters. The van der Waals surface area contributed by atoms with Gasteiger partial charge in [-0.3, -0.25) is 4.90 Å². The van der Waals surface area contributed by atoms with Crippen LogP contribution in [0.25, 0.3) is 0 Å². The Labute approximate surface area is 213 Å². The minimum Gasteiger partial charge on any atom is -0.490 e.